The molecule has 2 nitrogen and oxygen atoms in total. The Kier molecular flexibility index (Phi) is 7.53. The Balaban J connectivity index is 1.14. The first-order valence-electron chi connectivity index (χ1n) is 17.0. The normalized spacial score (nSPS) is 11.2. The minimum absolute atomic E-state index is 0.853. The van der Waals surface area contributed by atoms with E-state index in [-0.39, 0.29) is 0 Å². The zero-order valence-electron chi connectivity index (χ0n) is 27.4. The Bertz CT molecular complexity index is 2560. The first-order valence-corrected chi connectivity index (χ1v) is 17.0. The van der Waals surface area contributed by atoms with Crippen molar-refractivity contribution in [3.63, 3.8) is 0 Å². The van der Waals surface area contributed by atoms with E-state index in [1.54, 1.807) is 0 Å². The van der Waals surface area contributed by atoms with Gasteiger partial charge in [-0.1, -0.05) is 152 Å². The van der Waals surface area contributed by atoms with Crippen LogP contribution in [0.5, 0.6) is 0 Å². The molecule has 0 aliphatic carbocycles. The molecule has 0 bridgehead atoms. The van der Waals surface area contributed by atoms with Crippen LogP contribution in [0.25, 0.3) is 66.4 Å². The monoisotopic (exact) mass is 639 g/mol. The Morgan fingerprint density at radius 3 is 1.86 bits per heavy atom. The van der Waals surface area contributed by atoms with Gasteiger partial charge in [0.2, 0.25) is 0 Å². The molecule has 9 rings (SSSR count). The highest BCUT2D eigenvalue weighted by Gasteiger charge is 2.18. The Hall–Kier alpha value is -6.64. The predicted octanol–water partition coefficient (Wildman–Crippen LogP) is 13.7. The molecule has 0 saturated heterocycles. The third-order valence-electron chi connectivity index (χ3n) is 9.47. The second-order valence-corrected chi connectivity index (χ2v) is 12.6. The minimum Gasteiger partial charge on any atom is -0.456 e. The molecule has 0 fully saturated rings. The van der Waals surface area contributed by atoms with Gasteiger partial charge in [-0.2, -0.15) is 0 Å². The van der Waals surface area contributed by atoms with E-state index in [1.807, 2.05) is 18.2 Å². The smallest absolute Gasteiger partial charge is 0.135 e. The fourth-order valence-corrected chi connectivity index (χ4v) is 7.03. The van der Waals surface area contributed by atoms with Gasteiger partial charge in [0.1, 0.15) is 11.3 Å². The summed E-state index contributed by atoms with van der Waals surface area (Å²) in [5.74, 6) is 0.853. The molecular formula is C48H33NO. The van der Waals surface area contributed by atoms with Crippen molar-refractivity contribution in [2.24, 2.45) is 0 Å². The van der Waals surface area contributed by atoms with E-state index in [2.05, 4.69) is 187 Å². The van der Waals surface area contributed by atoms with E-state index < -0.39 is 0 Å². The molecule has 1 aromatic heterocycles. The zero-order chi connectivity index (χ0) is 33.3. The molecule has 0 N–H and O–H groups in total. The molecule has 0 radical (unpaired) electrons. The van der Waals surface area contributed by atoms with Gasteiger partial charge >= 0.3 is 0 Å². The van der Waals surface area contributed by atoms with Gasteiger partial charge in [-0.15, -0.1) is 0 Å². The van der Waals surface area contributed by atoms with Crippen molar-refractivity contribution < 1.29 is 4.42 Å². The number of hydrogen-bond donors (Lipinski definition) is 0. The molecule has 0 unspecified atom stereocenters. The van der Waals surface area contributed by atoms with Crippen LogP contribution in [-0.2, 0) is 0 Å². The molecule has 0 aliphatic heterocycles. The zero-order valence-corrected chi connectivity index (χ0v) is 27.4. The van der Waals surface area contributed by atoms with Gasteiger partial charge in [0.15, 0.2) is 0 Å². The lowest BCUT2D eigenvalue weighted by molar-refractivity contribution is 0.631. The molecule has 8 aromatic carbocycles. The fourth-order valence-electron chi connectivity index (χ4n) is 7.03. The van der Waals surface area contributed by atoms with Crippen molar-refractivity contribution in [1.29, 1.82) is 0 Å². The summed E-state index contributed by atoms with van der Waals surface area (Å²) in [5.41, 5.74) is 12.3. The van der Waals surface area contributed by atoms with Crippen LogP contribution in [0.1, 0.15) is 0 Å². The standard InChI is InChI=1S/C48H33NO/c1-2-13-36(14-3-1)45-23-7-8-25-46(45)49(42-21-11-20-39(32-42)48-33-40-16-5-9-26-47(40)50-48)41-29-27-34(28-30-41)37-18-10-19-38(31-37)44-24-12-17-35-15-4-6-22-43(35)44/h1-33H. The highest BCUT2D eigenvalue weighted by Crippen LogP contribution is 2.43. The summed E-state index contributed by atoms with van der Waals surface area (Å²) >= 11 is 0. The molecule has 9 aromatic rings. The molecule has 2 heteroatoms. The fraction of sp³-hybridized carbons (Fsp3) is 0. The summed E-state index contributed by atoms with van der Waals surface area (Å²) in [4.78, 5) is 2.35. The van der Waals surface area contributed by atoms with E-state index >= 15 is 0 Å². The summed E-state index contributed by atoms with van der Waals surface area (Å²) in [6.45, 7) is 0. The number of hydrogen-bond acceptors (Lipinski definition) is 2. The Morgan fingerprint density at radius 1 is 0.340 bits per heavy atom. The first kappa shape index (κ1) is 29.5. The molecule has 0 amide bonds. The maximum atomic E-state index is 6.30. The number of nitrogens with zero attached hydrogens (tertiary/aromatic N) is 1. The third kappa shape index (κ3) is 5.53. The van der Waals surface area contributed by atoms with Crippen LogP contribution in [-0.4, -0.2) is 0 Å². The van der Waals surface area contributed by atoms with Gasteiger partial charge in [0.25, 0.3) is 0 Å². The molecule has 1 heterocycles. The number of rotatable bonds is 7. The van der Waals surface area contributed by atoms with Crippen LogP contribution < -0.4 is 4.90 Å². The van der Waals surface area contributed by atoms with Crippen molar-refractivity contribution in [3.8, 4) is 44.7 Å². The minimum atomic E-state index is 0.853. The van der Waals surface area contributed by atoms with Gasteiger partial charge in [-0.3, -0.25) is 0 Å². The molecule has 0 spiro atoms. The van der Waals surface area contributed by atoms with Crippen molar-refractivity contribution in [3.05, 3.63) is 200 Å². The summed E-state index contributed by atoms with van der Waals surface area (Å²) in [6, 6.07) is 71.1. The molecule has 0 atom stereocenters. The average molecular weight is 640 g/mol. The second-order valence-electron chi connectivity index (χ2n) is 12.6. The van der Waals surface area contributed by atoms with E-state index in [0.717, 1.165) is 44.9 Å². The summed E-state index contributed by atoms with van der Waals surface area (Å²) in [7, 11) is 0. The van der Waals surface area contributed by atoms with E-state index in [4.69, 9.17) is 4.42 Å². The summed E-state index contributed by atoms with van der Waals surface area (Å²) in [5, 5.41) is 3.61. The predicted molar refractivity (Wildman–Crippen MR) is 210 cm³/mol. The molecule has 0 saturated carbocycles. The molecule has 236 valence electrons. The quantitative estimate of drug-likeness (QED) is 0.173. The van der Waals surface area contributed by atoms with E-state index in [1.165, 1.54) is 38.6 Å². The molecule has 0 aliphatic rings. The maximum absolute atomic E-state index is 6.30. The number of fused-ring (bicyclic) bond motifs is 2. The highest BCUT2D eigenvalue weighted by atomic mass is 16.3. The van der Waals surface area contributed by atoms with Crippen molar-refractivity contribution >= 4 is 38.8 Å². The van der Waals surface area contributed by atoms with E-state index in [0.29, 0.717) is 0 Å². The maximum Gasteiger partial charge on any atom is 0.135 e. The van der Waals surface area contributed by atoms with Crippen LogP contribution in [0.2, 0.25) is 0 Å². The molecule has 50 heavy (non-hydrogen) atoms. The van der Waals surface area contributed by atoms with Gasteiger partial charge in [-0.25, -0.2) is 0 Å². The van der Waals surface area contributed by atoms with Crippen LogP contribution in [0.15, 0.2) is 205 Å². The topological polar surface area (TPSA) is 16.4 Å². The summed E-state index contributed by atoms with van der Waals surface area (Å²) in [6.07, 6.45) is 0. The van der Waals surface area contributed by atoms with E-state index in [9.17, 15) is 0 Å². The number of benzene rings is 8. The third-order valence-corrected chi connectivity index (χ3v) is 9.47. The van der Waals surface area contributed by atoms with Gasteiger partial charge in [0.05, 0.1) is 5.69 Å². The average Bonchev–Trinajstić information content (AvgIpc) is 3.64. The first-order chi connectivity index (χ1) is 24.8. The van der Waals surface area contributed by atoms with Gasteiger partial charge in [-0.05, 0) is 87.1 Å². The van der Waals surface area contributed by atoms with Crippen LogP contribution >= 0.6 is 0 Å². The second kappa shape index (κ2) is 12.8. The SMILES string of the molecule is c1ccc(-c2ccccc2N(c2ccc(-c3cccc(-c4cccc5ccccc45)c3)cc2)c2cccc(-c3cc4ccccc4o3)c2)cc1. The lowest BCUT2D eigenvalue weighted by Gasteiger charge is -2.28. The van der Waals surface area contributed by atoms with Gasteiger partial charge in [0, 0.05) is 27.9 Å². The van der Waals surface area contributed by atoms with Crippen LogP contribution in [0.4, 0.5) is 17.1 Å². The van der Waals surface area contributed by atoms with Gasteiger partial charge < -0.3 is 9.32 Å². The summed E-state index contributed by atoms with van der Waals surface area (Å²) < 4.78 is 6.30. The Morgan fingerprint density at radius 2 is 0.980 bits per heavy atom. The highest BCUT2D eigenvalue weighted by molar-refractivity contribution is 5.97. The van der Waals surface area contributed by atoms with Crippen LogP contribution in [0, 0.1) is 0 Å². The molecular weight excluding hydrogens is 607 g/mol. The number of anilines is 3. The number of para-hydroxylation sites is 2. The lowest BCUT2D eigenvalue weighted by atomic mass is 9.95. The van der Waals surface area contributed by atoms with Crippen molar-refractivity contribution in [1.82, 2.24) is 0 Å². The van der Waals surface area contributed by atoms with Crippen molar-refractivity contribution in [2.45, 2.75) is 0 Å². The van der Waals surface area contributed by atoms with Crippen LogP contribution in [0.3, 0.4) is 0 Å². The largest absolute Gasteiger partial charge is 0.456 e. The lowest BCUT2D eigenvalue weighted by Crippen LogP contribution is -2.11. The number of furan rings is 1. The van der Waals surface area contributed by atoms with Crippen molar-refractivity contribution in [2.75, 3.05) is 4.90 Å². The Labute approximate surface area is 292 Å².